The molecule has 2 aliphatic rings. The number of hydrogen-bond donors (Lipinski definition) is 0. The van der Waals surface area contributed by atoms with E-state index in [2.05, 4.69) is 59.3 Å². The fourth-order valence-corrected chi connectivity index (χ4v) is 6.00. The van der Waals surface area contributed by atoms with Crippen LogP contribution in [0, 0.1) is 0 Å². The number of amides is 2. The summed E-state index contributed by atoms with van der Waals surface area (Å²) in [6, 6.07) is 17.1. The lowest BCUT2D eigenvalue weighted by Gasteiger charge is -2.36. The molecule has 0 N–H and O–H groups in total. The Hall–Kier alpha value is -3.95. The molecule has 9 nitrogen and oxygen atoms in total. The van der Waals surface area contributed by atoms with Gasteiger partial charge in [0.2, 0.25) is 0 Å². The van der Waals surface area contributed by atoms with Crippen LogP contribution >= 0.6 is 0 Å². The minimum atomic E-state index is -0.731. The molecule has 1 atom stereocenters. The van der Waals surface area contributed by atoms with Crippen LogP contribution in [-0.4, -0.2) is 82.5 Å². The van der Waals surface area contributed by atoms with Crippen LogP contribution in [0.4, 0.5) is 4.79 Å². The molecule has 1 aliphatic carbocycles. The molecule has 0 bridgehead atoms. The van der Waals surface area contributed by atoms with Crippen molar-refractivity contribution in [3.63, 3.8) is 0 Å². The Morgan fingerprint density at radius 1 is 1.09 bits per heavy atom. The van der Waals surface area contributed by atoms with Gasteiger partial charge < -0.3 is 28.6 Å². The number of hydrogen-bond acceptors (Lipinski definition) is 6. The molecule has 4 aromatic rings. The first-order chi connectivity index (χ1) is 21.2. The monoisotopic (exact) mass is 598 g/mol. The van der Waals surface area contributed by atoms with Gasteiger partial charge in [0.05, 0.1) is 13.2 Å². The van der Waals surface area contributed by atoms with E-state index in [-0.39, 0.29) is 18.5 Å². The van der Waals surface area contributed by atoms with Gasteiger partial charge in [-0.25, -0.2) is 9.78 Å². The molecular weight excluding hydrogens is 556 g/mol. The van der Waals surface area contributed by atoms with Gasteiger partial charge in [0.1, 0.15) is 11.2 Å². The summed E-state index contributed by atoms with van der Waals surface area (Å²) in [6.07, 6.45) is 5.63. The molecule has 44 heavy (non-hydrogen) atoms. The van der Waals surface area contributed by atoms with Crippen molar-refractivity contribution in [1.82, 2.24) is 19.4 Å². The van der Waals surface area contributed by atoms with Crippen LogP contribution in [0.3, 0.4) is 0 Å². The summed E-state index contributed by atoms with van der Waals surface area (Å²) < 4.78 is 19.1. The minimum absolute atomic E-state index is 0.0859. The summed E-state index contributed by atoms with van der Waals surface area (Å²) in [4.78, 5) is 35.2. The maximum Gasteiger partial charge on any atom is 0.410 e. The molecule has 1 saturated heterocycles. The minimum Gasteiger partial charge on any atom is -0.444 e. The fourth-order valence-electron chi connectivity index (χ4n) is 6.00. The van der Waals surface area contributed by atoms with Gasteiger partial charge in [-0.1, -0.05) is 36.4 Å². The Morgan fingerprint density at radius 2 is 1.89 bits per heavy atom. The molecule has 0 radical (unpaired) electrons. The van der Waals surface area contributed by atoms with Crippen molar-refractivity contribution in [3.8, 4) is 11.1 Å². The van der Waals surface area contributed by atoms with Gasteiger partial charge in [0, 0.05) is 57.2 Å². The lowest BCUT2D eigenvalue weighted by atomic mass is 9.98. The molecule has 232 valence electrons. The van der Waals surface area contributed by atoms with E-state index >= 15 is 0 Å². The highest BCUT2D eigenvalue weighted by atomic mass is 16.6. The molecule has 6 rings (SSSR count). The molecule has 1 aliphatic heterocycles. The average molecular weight is 599 g/mol. The number of ether oxygens (including phenoxy) is 3. The van der Waals surface area contributed by atoms with Crippen molar-refractivity contribution < 1.29 is 23.8 Å². The Morgan fingerprint density at radius 3 is 2.64 bits per heavy atom. The third-order valence-corrected chi connectivity index (χ3v) is 8.25. The predicted octanol–water partition coefficient (Wildman–Crippen LogP) is 6.02. The number of methoxy groups -OCH3 is 1. The highest BCUT2D eigenvalue weighted by molar-refractivity contribution is 5.99. The van der Waals surface area contributed by atoms with Gasteiger partial charge in [0.15, 0.2) is 6.10 Å². The molecule has 2 aromatic carbocycles. The number of fused-ring (bicyclic) bond motifs is 2. The summed E-state index contributed by atoms with van der Waals surface area (Å²) in [5.41, 5.74) is 3.54. The second-order valence-corrected chi connectivity index (χ2v) is 12.8. The van der Waals surface area contributed by atoms with Crippen molar-refractivity contribution in [1.29, 1.82) is 0 Å². The van der Waals surface area contributed by atoms with Gasteiger partial charge >= 0.3 is 6.09 Å². The van der Waals surface area contributed by atoms with Crippen LogP contribution in [0.25, 0.3) is 32.9 Å². The summed E-state index contributed by atoms with van der Waals surface area (Å²) in [6.45, 7) is 8.25. The topological polar surface area (TPSA) is 86.1 Å². The Bertz CT molecular complexity index is 1650. The van der Waals surface area contributed by atoms with Crippen molar-refractivity contribution in [2.45, 2.75) is 70.9 Å². The number of pyridine rings is 1. The zero-order chi connectivity index (χ0) is 30.8. The highest BCUT2D eigenvalue weighted by Gasteiger charge is 2.40. The number of nitrogens with zero attached hydrogens (tertiary/aromatic N) is 4. The smallest absolute Gasteiger partial charge is 0.410 e. The zero-order valence-electron chi connectivity index (χ0n) is 26.1. The van der Waals surface area contributed by atoms with Crippen molar-refractivity contribution in [3.05, 3.63) is 66.5 Å². The lowest BCUT2D eigenvalue weighted by Crippen LogP contribution is -2.53. The summed E-state index contributed by atoms with van der Waals surface area (Å²) in [5.74, 6) is -0.0859. The fraction of sp³-hybridized carbons (Fsp3) is 0.457. The Balaban J connectivity index is 1.33. The SMILES string of the molecule is COCCCn1cc(CN(C(=O)[C@H]2CN(C(=O)OC(C)(C)C)CCO2)C2CC2)c2c(-c3ccc4ccccc4c3)ccnc21. The van der Waals surface area contributed by atoms with Crippen LogP contribution in [0.5, 0.6) is 0 Å². The van der Waals surface area contributed by atoms with Gasteiger partial charge in [-0.3, -0.25) is 4.79 Å². The van der Waals surface area contributed by atoms with E-state index in [4.69, 9.17) is 19.2 Å². The molecule has 1 saturated carbocycles. The maximum absolute atomic E-state index is 14.1. The standard InChI is InChI=1S/C35H42N4O5/c1-35(2,3)44-34(41)38-17-19-43-30(23-38)33(40)39(28-12-13-28)22-27-21-37(16-7-18-42-4)32-31(27)29(14-15-36-32)26-11-10-24-8-5-6-9-25(24)20-26/h5-6,8-11,14-15,20-21,28,30H,7,12-13,16-19,22-23H2,1-4H3/t30-/m1/s1. The number of carbonyl (C=O) groups is 2. The second kappa shape index (κ2) is 12.6. The van der Waals surface area contributed by atoms with E-state index in [1.54, 1.807) is 12.0 Å². The quantitative estimate of drug-likeness (QED) is 0.219. The van der Waals surface area contributed by atoms with E-state index in [1.165, 1.54) is 10.8 Å². The second-order valence-electron chi connectivity index (χ2n) is 12.8. The van der Waals surface area contributed by atoms with E-state index in [0.717, 1.165) is 53.5 Å². The first-order valence-corrected chi connectivity index (χ1v) is 15.6. The lowest BCUT2D eigenvalue weighted by molar-refractivity contribution is -0.150. The number of aryl methyl sites for hydroxylation is 1. The van der Waals surface area contributed by atoms with E-state index in [0.29, 0.717) is 26.3 Å². The third-order valence-electron chi connectivity index (χ3n) is 8.25. The first-order valence-electron chi connectivity index (χ1n) is 15.6. The van der Waals surface area contributed by atoms with Crippen LogP contribution in [0.1, 0.15) is 45.6 Å². The molecule has 0 unspecified atom stereocenters. The van der Waals surface area contributed by atoms with Crippen molar-refractivity contribution in [2.24, 2.45) is 0 Å². The molecular formula is C35H42N4O5. The summed E-state index contributed by atoms with van der Waals surface area (Å²) >= 11 is 0. The van der Waals surface area contributed by atoms with Crippen LogP contribution < -0.4 is 0 Å². The van der Waals surface area contributed by atoms with Crippen molar-refractivity contribution >= 4 is 33.8 Å². The summed E-state index contributed by atoms with van der Waals surface area (Å²) in [5, 5.41) is 3.42. The van der Waals surface area contributed by atoms with Gasteiger partial charge in [-0.2, -0.15) is 0 Å². The predicted molar refractivity (Wildman–Crippen MR) is 170 cm³/mol. The number of aromatic nitrogens is 2. The first kappa shape index (κ1) is 30.1. The van der Waals surface area contributed by atoms with E-state index in [1.807, 2.05) is 31.9 Å². The molecule has 2 fully saturated rings. The van der Waals surface area contributed by atoms with Crippen LogP contribution in [-0.2, 0) is 32.1 Å². The normalized spacial score (nSPS) is 17.3. The summed E-state index contributed by atoms with van der Waals surface area (Å²) in [7, 11) is 1.71. The van der Waals surface area contributed by atoms with Crippen molar-refractivity contribution in [2.75, 3.05) is 33.4 Å². The molecule has 0 spiro atoms. The van der Waals surface area contributed by atoms with Gasteiger partial charge in [-0.15, -0.1) is 0 Å². The maximum atomic E-state index is 14.1. The molecule has 2 amide bonds. The zero-order valence-corrected chi connectivity index (χ0v) is 26.1. The van der Waals surface area contributed by atoms with E-state index < -0.39 is 17.8 Å². The third kappa shape index (κ3) is 6.59. The average Bonchev–Trinajstić information content (AvgIpc) is 3.80. The largest absolute Gasteiger partial charge is 0.444 e. The number of morpholine rings is 1. The number of benzene rings is 2. The van der Waals surface area contributed by atoms with Gasteiger partial charge in [-0.05, 0) is 79.6 Å². The number of carbonyl (C=O) groups excluding carboxylic acids is 2. The Kier molecular flexibility index (Phi) is 8.60. The van der Waals surface area contributed by atoms with Crippen LogP contribution in [0.15, 0.2) is 60.9 Å². The van der Waals surface area contributed by atoms with E-state index in [9.17, 15) is 9.59 Å². The molecule has 9 heteroatoms. The van der Waals surface area contributed by atoms with Gasteiger partial charge in [0.25, 0.3) is 5.91 Å². The van der Waals surface area contributed by atoms with Crippen LogP contribution in [0.2, 0.25) is 0 Å². The molecule has 3 heterocycles. The molecule has 2 aromatic heterocycles. The number of rotatable bonds is 9. The highest BCUT2D eigenvalue weighted by Crippen LogP contribution is 2.36. The Labute approximate surface area is 258 Å².